The van der Waals surface area contributed by atoms with Gasteiger partial charge in [-0.1, -0.05) is 40.5 Å². The molecule has 9 heteroatoms. The number of aryl methyl sites for hydroxylation is 2. The number of halogens is 2. The zero-order chi connectivity index (χ0) is 17.1. The third-order valence-electron chi connectivity index (χ3n) is 3.39. The number of nitrogen functional groups attached to an aromatic ring is 1. The Labute approximate surface area is 147 Å². The lowest BCUT2D eigenvalue weighted by atomic mass is 10.1. The molecule has 1 aromatic carbocycles. The molecule has 0 saturated heterocycles. The van der Waals surface area contributed by atoms with Crippen molar-refractivity contribution in [3.05, 3.63) is 68.1 Å². The fourth-order valence-electron chi connectivity index (χ4n) is 2.13. The van der Waals surface area contributed by atoms with Crippen molar-refractivity contribution in [1.29, 1.82) is 0 Å². The van der Waals surface area contributed by atoms with E-state index in [2.05, 4.69) is 15.1 Å². The predicted octanol–water partition coefficient (Wildman–Crippen LogP) is 2.35. The van der Waals surface area contributed by atoms with Crippen LogP contribution in [0.25, 0.3) is 0 Å². The fraction of sp³-hybridized carbons (Fsp3) is 0.200. The van der Waals surface area contributed by atoms with Crippen molar-refractivity contribution in [3.8, 4) is 0 Å². The Morgan fingerprint density at radius 1 is 1.17 bits per heavy atom. The Kier molecular flexibility index (Phi) is 4.82. The van der Waals surface area contributed by atoms with Crippen LogP contribution in [0.5, 0.6) is 0 Å². The van der Waals surface area contributed by atoms with E-state index < -0.39 is 5.56 Å². The third-order valence-corrected chi connectivity index (χ3v) is 3.90. The molecule has 0 radical (unpaired) electrons. The van der Waals surface area contributed by atoms with Crippen molar-refractivity contribution < 1.29 is 4.52 Å². The molecule has 124 valence electrons. The van der Waals surface area contributed by atoms with Gasteiger partial charge in [-0.05, 0) is 24.1 Å². The highest BCUT2D eigenvalue weighted by Crippen LogP contribution is 2.12. The summed E-state index contributed by atoms with van der Waals surface area (Å²) in [6, 6.07) is 7.56. The van der Waals surface area contributed by atoms with Gasteiger partial charge in [0.15, 0.2) is 5.82 Å². The Balaban J connectivity index is 1.69. The molecule has 24 heavy (non-hydrogen) atoms. The molecule has 2 N–H and O–H groups in total. The number of benzene rings is 1. The number of hydrogen-bond donors (Lipinski definition) is 1. The van der Waals surface area contributed by atoms with Crippen LogP contribution in [-0.2, 0) is 19.4 Å². The lowest BCUT2D eigenvalue weighted by Crippen LogP contribution is -2.25. The molecule has 0 aliphatic heterocycles. The SMILES string of the molecule is Nc1ncc(Cl)c(=O)n1Cc1nc(CCc2ccc(Cl)cc2)no1. The first-order valence-electron chi connectivity index (χ1n) is 7.09. The van der Waals surface area contributed by atoms with Gasteiger partial charge in [0.1, 0.15) is 11.6 Å². The Bertz CT molecular complexity index is 905. The van der Waals surface area contributed by atoms with E-state index >= 15 is 0 Å². The highest BCUT2D eigenvalue weighted by Gasteiger charge is 2.12. The molecule has 0 unspecified atom stereocenters. The minimum Gasteiger partial charge on any atom is -0.369 e. The Morgan fingerprint density at radius 2 is 1.92 bits per heavy atom. The predicted molar refractivity (Wildman–Crippen MR) is 90.2 cm³/mol. The summed E-state index contributed by atoms with van der Waals surface area (Å²) in [5, 5.41) is 4.58. The normalized spacial score (nSPS) is 10.9. The number of nitrogens with zero attached hydrogens (tertiary/aromatic N) is 4. The van der Waals surface area contributed by atoms with E-state index in [1.807, 2.05) is 24.3 Å². The molecule has 0 amide bonds. The maximum atomic E-state index is 11.9. The highest BCUT2D eigenvalue weighted by molar-refractivity contribution is 6.30. The molecule has 0 bridgehead atoms. The molecule has 0 aliphatic carbocycles. The number of anilines is 1. The summed E-state index contributed by atoms with van der Waals surface area (Å²) in [5.41, 5.74) is 6.35. The van der Waals surface area contributed by atoms with E-state index in [9.17, 15) is 4.79 Å². The summed E-state index contributed by atoms with van der Waals surface area (Å²) in [5.74, 6) is 0.839. The van der Waals surface area contributed by atoms with Gasteiger partial charge in [0.05, 0.1) is 6.20 Å². The summed E-state index contributed by atoms with van der Waals surface area (Å²) >= 11 is 11.6. The van der Waals surface area contributed by atoms with Crippen molar-refractivity contribution in [3.63, 3.8) is 0 Å². The average molecular weight is 366 g/mol. The van der Waals surface area contributed by atoms with E-state index in [-0.39, 0.29) is 23.4 Å². The van der Waals surface area contributed by atoms with Crippen LogP contribution in [0.15, 0.2) is 39.8 Å². The molecule has 2 aromatic heterocycles. The minimum atomic E-state index is -0.454. The fourth-order valence-corrected chi connectivity index (χ4v) is 2.41. The smallest absolute Gasteiger partial charge is 0.274 e. The standard InChI is InChI=1S/C15H13Cl2N5O2/c16-10-4-1-9(2-5-10)3-6-12-20-13(24-21-12)8-22-14(23)11(17)7-19-15(22)18/h1-2,4-5,7H,3,6,8H2,(H2,18,19). The first kappa shape index (κ1) is 16.5. The molecular formula is C15H13Cl2N5O2. The number of aromatic nitrogens is 4. The summed E-state index contributed by atoms with van der Waals surface area (Å²) in [6.07, 6.45) is 2.56. The average Bonchev–Trinajstić information content (AvgIpc) is 3.02. The van der Waals surface area contributed by atoms with Gasteiger partial charge in [-0.15, -0.1) is 0 Å². The van der Waals surface area contributed by atoms with E-state index in [1.165, 1.54) is 10.8 Å². The molecule has 0 spiro atoms. The third kappa shape index (κ3) is 3.74. The molecule has 0 aliphatic rings. The lowest BCUT2D eigenvalue weighted by Gasteiger charge is -2.05. The van der Waals surface area contributed by atoms with Gasteiger partial charge in [0.25, 0.3) is 5.56 Å². The minimum absolute atomic E-state index is 0.0200. The number of rotatable bonds is 5. The lowest BCUT2D eigenvalue weighted by molar-refractivity contribution is 0.365. The zero-order valence-corrected chi connectivity index (χ0v) is 14.0. The van der Waals surface area contributed by atoms with E-state index in [1.54, 1.807) is 0 Å². The Morgan fingerprint density at radius 3 is 2.67 bits per heavy atom. The summed E-state index contributed by atoms with van der Waals surface area (Å²) in [6.45, 7) is 0.0200. The molecule has 3 aromatic rings. The molecule has 0 saturated carbocycles. The second-order valence-corrected chi connectivity index (χ2v) is 5.93. The van der Waals surface area contributed by atoms with Crippen molar-refractivity contribution >= 4 is 29.2 Å². The van der Waals surface area contributed by atoms with Gasteiger partial charge in [-0.25, -0.2) is 4.98 Å². The summed E-state index contributed by atoms with van der Waals surface area (Å²) < 4.78 is 6.34. The van der Waals surface area contributed by atoms with Crippen LogP contribution in [0.1, 0.15) is 17.3 Å². The first-order valence-corrected chi connectivity index (χ1v) is 7.85. The van der Waals surface area contributed by atoms with Crippen LogP contribution in [0.4, 0.5) is 5.95 Å². The molecule has 3 rings (SSSR count). The Hall–Kier alpha value is -2.38. The number of nitrogens with two attached hydrogens (primary N) is 1. The van der Waals surface area contributed by atoms with Crippen molar-refractivity contribution in [2.75, 3.05) is 5.73 Å². The van der Waals surface area contributed by atoms with Gasteiger partial charge >= 0.3 is 0 Å². The van der Waals surface area contributed by atoms with Crippen LogP contribution in [0.2, 0.25) is 10.0 Å². The second-order valence-electron chi connectivity index (χ2n) is 5.09. The topological polar surface area (TPSA) is 99.8 Å². The van der Waals surface area contributed by atoms with Crippen molar-refractivity contribution in [2.45, 2.75) is 19.4 Å². The van der Waals surface area contributed by atoms with Crippen LogP contribution in [0, 0.1) is 0 Å². The van der Waals surface area contributed by atoms with Gasteiger partial charge in [0, 0.05) is 11.4 Å². The van der Waals surface area contributed by atoms with Gasteiger partial charge in [-0.2, -0.15) is 4.98 Å². The zero-order valence-electron chi connectivity index (χ0n) is 12.4. The van der Waals surface area contributed by atoms with Crippen LogP contribution in [-0.4, -0.2) is 19.7 Å². The van der Waals surface area contributed by atoms with Gasteiger partial charge < -0.3 is 10.3 Å². The van der Waals surface area contributed by atoms with E-state index in [0.29, 0.717) is 17.3 Å². The monoisotopic (exact) mass is 365 g/mol. The largest absolute Gasteiger partial charge is 0.369 e. The van der Waals surface area contributed by atoms with Gasteiger partial charge in [-0.3, -0.25) is 9.36 Å². The second kappa shape index (κ2) is 7.02. The molecule has 0 atom stereocenters. The van der Waals surface area contributed by atoms with Crippen molar-refractivity contribution in [1.82, 2.24) is 19.7 Å². The maximum absolute atomic E-state index is 11.9. The maximum Gasteiger partial charge on any atom is 0.274 e. The summed E-state index contributed by atoms with van der Waals surface area (Å²) in [7, 11) is 0. The molecule has 7 nitrogen and oxygen atoms in total. The first-order chi connectivity index (χ1) is 11.5. The van der Waals surface area contributed by atoms with Crippen LogP contribution in [0.3, 0.4) is 0 Å². The van der Waals surface area contributed by atoms with E-state index in [4.69, 9.17) is 33.5 Å². The molecule has 2 heterocycles. The highest BCUT2D eigenvalue weighted by atomic mass is 35.5. The molecule has 0 fully saturated rings. The quantitative estimate of drug-likeness (QED) is 0.744. The van der Waals surface area contributed by atoms with Gasteiger partial charge in [0.2, 0.25) is 11.8 Å². The summed E-state index contributed by atoms with van der Waals surface area (Å²) in [4.78, 5) is 20.0. The van der Waals surface area contributed by atoms with Crippen LogP contribution < -0.4 is 11.3 Å². The molecular weight excluding hydrogens is 353 g/mol. The van der Waals surface area contributed by atoms with E-state index in [0.717, 1.165) is 12.0 Å². The number of hydrogen-bond acceptors (Lipinski definition) is 6. The van der Waals surface area contributed by atoms with Crippen LogP contribution >= 0.6 is 23.2 Å². The van der Waals surface area contributed by atoms with Crippen molar-refractivity contribution in [2.24, 2.45) is 0 Å².